The van der Waals surface area contributed by atoms with Crippen LogP contribution in [0.5, 0.6) is 5.75 Å². The number of nitrogens with zero attached hydrogens (tertiary/aromatic N) is 3. The van der Waals surface area contributed by atoms with Crippen molar-refractivity contribution < 1.29 is 9.53 Å². The predicted octanol–water partition coefficient (Wildman–Crippen LogP) is 3.82. The molecule has 1 aromatic carbocycles. The Kier molecular flexibility index (Phi) is 4.01. The number of pyridine rings is 1. The molecule has 6 nitrogen and oxygen atoms in total. The van der Waals surface area contributed by atoms with Gasteiger partial charge in [-0.3, -0.25) is 4.79 Å². The summed E-state index contributed by atoms with van der Waals surface area (Å²) in [6.07, 6.45) is 1.96. The molecule has 0 bridgehead atoms. The van der Waals surface area contributed by atoms with Crippen LogP contribution in [0, 0.1) is 5.92 Å². The first-order valence-corrected chi connectivity index (χ1v) is 8.92. The summed E-state index contributed by atoms with van der Waals surface area (Å²) in [6.45, 7) is 0. The molecule has 25 heavy (non-hydrogen) atoms. The number of amides is 1. The number of benzene rings is 1. The van der Waals surface area contributed by atoms with E-state index in [1.807, 2.05) is 48.3 Å². The van der Waals surface area contributed by atoms with Gasteiger partial charge in [-0.25, -0.2) is 9.97 Å². The van der Waals surface area contributed by atoms with E-state index in [1.54, 1.807) is 7.11 Å². The monoisotopic (exact) mass is 354 g/mol. The number of fused-ring (bicyclic) bond motifs is 1. The number of carbonyl (C=O) groups excluding carboxylic acids is 1. The van der Waals surface area contributed by atoms with Crippen molar-refractivity contribution in [2.24, 2.45) is 5.92 Å². The highest BCUT2D eigenvalue weighted by molar-refractivity contribution is 7.22. The average molecular weight is 354 g/mol. The van der Waals surface area contributed by atoms with Crippen LogP contribution in [0.2, 0.25) is 0 Å². The zero-order valence-electron chi connectivity index (χ0n) is 14.0. The molecular weight excluding hydrogens is 336 g/mol. The summed E-state index contributed by atoms with van der Waals surface area (Å²) in [4.78, 5) is 23.8. The highest BCUT2D eigenvalue weighted by atomic mass is 32.1. The molecule has 0 spiro atoms. The highest BCUT2D eigenvalue weighted by Gasteiger charge is 2.30. The number of ether oxygens (including phenoxy) is 1. The Morgan fingerprint density at radius 1 is 1.20 bits per heavy atom. The van der Waals surface area contributed by atoms with E-state index in [2.05, 4.69) is 15.3 Å². The second-order valence-corrected chi connectivity index (χ2v) is 7.01. The number of methoxy groups -OCH3 is 1. The van der Waals surface area contributed by atoms with Crippen LogP contribution < -0.4 is 15.0 Å². The van der Waals surface area contributed by atoms with Crippen molar-refractivity contribution in [2.75, 3.05) is 24.4 Å². The van der Waals surface area contributed by atoms with Gasteiger partial charge >= 0.3 is 0 Å². The second kappa shape index (κ2) is 6.33. The fourth-order valence-electron chi connectivity index (χ4n) is 2.54. The number of carbonyl (C=O) groups is 1. The van der Waals surface area contributed by atoms with Crippen molar-refractivity contribution in [3.8, 4) is 5.75 Å². The molecule has 0 aliphatic heterocycles. The Morgan fingerprint density at radius 2 is 1.96 bits per heavy atom. The van der Waals surface area contributed by atoms with Crippen LogP contribution in [0.1, 0.15) is 12.8 Å². The predicted molar refractivity (Wildman–Crippen MR) is 99.8 cm³/mol. The quantitative estimate of drug-likeness (QED) is 0.754. The molecule has 7 heteroatoms. The molecule has 1 saturated carbocycles. The summed E-state index contributed by atoms with van der Waals surface area (Å²) < 4.78 is 5.19. The molecule has 1 aliphatic rings. The standard InChI is InChI=1S/C18H18N4O2S/c1-22(12-5-7-13(24-2)8-6-12)15-10-9-14-17(20-15)25-18(19-14)21-16(23)11-3-4-11/h5-11H,3-4H2,1-2H3,(H,19,21,23). The molecule has 2 heterocycles. The molecule has 2 aromatic heterocycles. The minimum atomic E-state index is 0.0645. The van der Waals surface area contributed by atoms with E-state index in [9.17, 15) is 4.79 Å². The third-order valence-electron chi connectivity index (χ3n) is 4.22. The minimum absolute atomic E-state index is 0.0645. The van der Waals surface area contributed by atoms with Crippen LogP contribution in [-0.2, 0) is 4.79 Å². The van der Waals surface area contributed by atoms with Gasteiger partial charge in [0.25, 0.3) is 0 Å². The van der Waals surface area contributed by atoms with Crippen LogP contribution in [0.15, 0.2) is 36.4 Å². The van der Waals surface area contributed by atoms with E-state index in [4.69, 9.17) is 4.74 Å². The molecule has 4 rings (SSSR count). The molecule has 1 N–H and O–H groups in total. The number of aromatic nitrogens is 2. The number of thiazole rings is 1. The van der Waals surface area contributed by atoms with Crippen molar-refractivity contribution in [1.82, 2.24) is 9.97 Å². The van der Waals surface area contributed by atoms with Crippen molar-refractivity contribution in [1.29, 1.82) is 0 Å². The lowest BCUT2D eigenvalue weighted by molar-refractivity contribution is -0.117. The minimum Gasteiger partial charge on any atom is -0.497 e. The van der Waals surface area contributed by atoms with Crippen molar-refractivity contribution in [2.45, 2.75) is 12.8 Å². The number of nitrogens with one attached hydrogen (secondary N) is 1. The van der Waals surface area contributed by atoms with Crippen LogP contribution in [-0.4, -0.2) is 30.0 Å². The van der Waals surface area contributed by atoms with Crippen molar-refractivity contribution >= 4 is 44.2 Å². The number of rotatable bonds is 5. The van der Waals surface area contributed by atoms with Gasteiger partial charge in [-0.05, 0) is 49.2 Å². The fourth-order valence-corrected chi connectivity index (χ4v) is 3.37. The zero-order chi connectivity index (χ0) is 17.4. The summed E-state index contributed by atoms with van der Waals surface area (Å²) in [6, 6.07) is 11.7. The van der Waals surface area contributed by atoms with Crippen molar-refractivity contribution in [3.05, 3.63) is 36.4 Å². The van der Waals surface area contributed by atoms with E-state index in [0.29, 0.717) is 5.13 Å². The Bertz CT molecular complexity index is 918. The number of hydrogen-bond acceptors (Lipinski definition) is 6. The van der Waals surface area contributed by atoms with Gasteiger partial charge in [0.05, 0.1) is 7.11 Å². The summed E-state index contributed by atoms with van der Waals surface area (Å²) in [5, 5.41) is 3.50. The van der Waals surface area contributed by atoms with Gasteiger partial charge in [-0.2, -0.15) is 0 Å². The zero-order valence-corrected chi connectivity index (χ0v) is 14.8. The number of hydrogen-bond donors (Lipinski definition) is 1. The molecule has 0 radical (unpaired) electrons. The molecule has 0 unspecified atom stereocenters. The van der Waals surface area contributed by atoms with Crippen LogP contribution in [0.4, 0.5) is 16.6 Å². The second-order valence-electron chi connectivity index (χ2n) is 6.03. The first-order valence-electron chi connectivity index (χ1n) is 8.10. The average Bonchev–Trinajstić information content (AvgIpc) is 3.41. The summed E-state index contributed by atoms with van der Waals surface area (Å²) >= 11 is 1.40. The van der Waals surface area contributed by atoms with Crippen LogP contribution >= 0.6 is 11.3 Å². The van der Waals surface area contributed by atoms with Gasteiger partial charge in [0.15, 0.2) is 5.13 Å². The first-order chi connectivity index (χ1) is 12.1. The van der Waals surface area contributed by atoms with E-state index >= 15 is 0 Å². The Labute approximate surface area is 149 Å². The molecule has 3 aromatic rings. The third kappa shape index (κ3) is 3.28. The lowest BCUT2D eigenvalue weighted by Gasteiger charge is -2.18. The molecule has 1 amide bonds. The van der Waals surface area contributed by atoms with E-state index in [1.165, 1.54) is 11.3 Å². The lowest BCUT2D eigenvalue weighted by Crippen LogP contribution is -2.12. The topological polar surface area (TPSA) is 67.3 Å². The van der Waals surface area contributed by atoms with Gasteiger partial charge in [-0.1, -0.05) is 11.3 Å². The first kappa shape index (κ1) is 15.8. The van der Waals surface area contributed by atoms with Gasteiger partial charge < -0.3 is 15.0 Å². The molecule has 1 fully saturated rings. The smallest absolute Gasteiger partial charge is 0.229 e. The van der Waals surface area contributed by atoms with Gasteiger partial charge in [0, 0.05) is 18.7 Å². The van der Waals surface area contributed by atoms with E-state index in [0.717, 1.165) is 40.4 Å². The maximum atomic E-state index is 11.9. The normalized spacial score (nSPS) is 13.7. The maximum absolute atomic E-state index is 11.9. The summed E-state index contributed by atoms with van der Waals surface area (Å²) in [7, 11) is 3.62. The largest absolute Gasteiger partial charge is 0.497 e. The molecule has 128 valence electrons. The molecular formula is C18H18N4O2S. The Hall–Kier alpha value is -2.67. The SMILES string of the molecule is COc1ccc(N(C)c2ccc3nc(NC(=O)C4CC4)sc3n2)cc1. The Morgan fingerprint density at radius 3 is 2.64 bits per heavy atom. The molecule has 0 atom stereocenters. The van der Waals surface area contributed by atoms with E-state index < -0.39 is 0 Å². The van der Waals surface area contributed by atoms with Gasteiger partial charge in [0.1, 0.15) is 21.9 Å². The lowest BCUT2D eigenvalue weighted by atomic mass is 10.2. The summed E-state index contributed by atoms with van der Waals surface area (Å²) in [5.41, 5.74) is 1.81. The highest BCUT2D eigenvalue weighted by Crippen LogP contribution is 2.33. The Balaban J connectivity index is 1.57. The third-order valence-corrected chi connectivity index (χ3v) is 5.10. The summed E-state index contributed by atoms with van der Waals surface area (Å²) in [5.74, 6) is 1.87. The van der Waals surface area contributed by atoms with Gasteiger partial charge in [-0.15, -0.1) is 0 Å². The maximum Gasteiger partial charge on any atom is 0.229 e. The van der Waals surface area contributed by atoms with Crippen molar-refractivity contribution in [3.63, 3.8) is 0 Å². The van der Waals surface area contributed by atoms with E-state index in [-0.39, 0.29) is 11.8 Å². The van der Waals surface area contributed by atoms with Crippen LogP contribution in [0.25, 0.3) is 10.3 Å². The number of anilines is 3. The molecule has 0 saturated heterocycles. The van der Waals surface area contributed by atoms with Crippen LogP contribution in [0.3, 0.4) is 0 Å². The fraction of sp³-hybridized carbons (Fsp3) is 0.278. The molecule has 1 aliphatic carbocycles. The van der Waals surface area contributed by atoms with Gasteiger partial charge in [0.2, 0.25) is 5.91 Å².